The summed E-state index contributed by atoms with van der Waals surface area (Å²) in [5.74, 6) is -0.138. The first-order valence-electron chi connectivity index (χ1n) is 6.37. The molecule has 1 aromatic rings. The largest absolute Gasteiger partial charge is 0.339 e. The van der Waals surface area contributed by atoms with Crippen LogP contribution in [-0.2, 0) is 14.8 Å². The van der Waals surface area contributed by atoms with Crippen LogP contribution in [-0.4, -0.2) is 75.2 Å². The molecule has 0 unspecified atom stereocenters. The molecule has 0 aliphatic carbocycles. The molecule has 0 aromatic carbocycles. The summed E-state index contributed by atoms with van der Waals surface area (Å²) in [4.78, 5) is 16.0. The van der Waals surface area contributed by atoms with E-state index in [1.165, 1.54) is 7.05 Å². The van der Waals surface area contributed by atoms with Gasteiger partial charge in [-0.25, -0.2) is 8.42 Å². The minimum absolute atomic E-state index is 0.107. The number of likely N-dealkylation sites (N-methyl/N-ethyl adjacent to an activating group) is 2. The van der Waals surface area contributed by atoms with E-state index in [0.29, 0.717) is 13.1 Å². The predicted octanol–water partition coefficient (Wildman–Crippen LogP) is 0.143. The first-order chi connectivity index (χ1) is 9.41. The molecule has 2 rings (SSSR count). The number of rotatable bonds is 4. The maximum atomic E-state index is 12.2. The lowest BCUT2D eigenvalue weighted by molar-refractivity contribution is -0.132. The monoisotopic (exact) mass is 317 g/mol. The Morgan fingerprint density at radius 3 is 2.55 bits per heavy atom. The van der Waals surface area contributed by atoms with Gasteiger partial charge in [-0.3, -0.25) is 4.79 Å². The average molecular weight is 317 g/mol. The Labute approximate surface area is 123 Å². The highest BCUT2D eigenvalue weighted by Gasteiger charge is 2.27. The summed E-state index contributed by atoms with van der Waals surface area (Å²) in [7, 11) is -0.0897. The molecule has 0 radical (unpaired) electrons. The van der Waals surface area contributed by atoms with Crippen molar-refractivity contribution in [3.05, 3.63) is 17.5 Å². The first kappa shape index (κ1) is 15.4. The van der Waals surface area contributed by atoms with Gasteiger partial charge in [0.05, 0.1) is 6.54 Å². The molecule has 2 heterocycles. The van der Waals surface area contributed by atoms with Crippen LogP contribution in [0.25, 0.3) is 0 Å². The molecule has 0 atom stereocenters. The Morgan fingerprint density at radius 2 is 2.00 bits per heavy atom. The molecule has 20 heavy (non-hydrogen) atoms. The number of carbonyl (C=O) groups is 1. The van der Waals surface area contributed by atoms with Crippen molar-refractivity contribution in [1.82, 2.24) is 14.1 Å². The first-order valence-corrected chi connectivity index (χ1v) is 8.69. The Bertz CT molecular complexity index is 549. The number of hydrogen-bond donors (Lipinski definition) is 0. The third kappa shape index (κ3) is 3.38. The van der Waals surface area contributed by atoms with Crippen molar-refractivity contribution in [1.29, 1.82) is 0 Å². The van der Waals surface area contributed by atoms with Gasteiger partial charge in [-0.2, -0.15) is 4.31 Å². The van der Waals surface area contributed by atoms with Gasteiger partial charge in [-0.1, -0.05) is 6.07 Å². The number of nitrogens with zero attached hydrogens (tertiary/aromatic N) is 3. The molecule has 1 aliphatic rings. The van der Waals surface area contributed by atoms with Gasteiger partial charge in [-0.15, -0.1) is 11.3 Å². The van der Waals surface area contributed by atoms with Crippen molar-refractivity contribution < 1.29 is 13.2 Å². The van der Waals surface area contributed by atoms with Crippen molar-refractivity contribution in [2.75, 3.05) is 46.8 Å². The number of amides is 1. The minimum atomic E-state index is -3.55. The van der Waals surface area contributed by atoms with E-state index in [1.807, 2.05) is 7.05 Å². The molecule has 0 spiro atoms. The van der Waals surface area contributed by atoms with Gasteiger partial charge in [0.2, 0.25) is 5.91 Å². The van der Waals surface area contributed by atoms with Crippen molar-refractivity contribution in [3.8, 4) is 0 Å². The smallest absolute Gasteiger partial charge is 0.252 e. The third-order valence-corrected chi connectivity index (χ3v) is 6.55. The van der Waals surface area contributed by atoms with E-state index in [2.05, 4.69) is 4.90 Å². The Morgan fingerprint density at radius 1 is 1.35 bits per heavy atom. The number of carbonyl (C=O) groups excluding carboxylic acids is 1. The molecule has 1 saturated heterocycles. The summed E-state index contributed by atoms with van der Waals surface area (Å²) in [5, 5.41) is 1.71. The molecule has 0 N–H and O–H groups in total. The molecular formula is C12H19N3O3S2. The molecular weight excluding hydrogens is 298 g/mol. The fourth-order valence-corrected chi connectivity index (χ4v) is 4.32. The quantitative estimate of drug-likeness (QED) is 0.793. The van der Waals surface area contributed by atoms with Crippen molar-refractivity contribution in [2.24, 2.45) is 0 Å². The van der Waals surface area contributed by atoms with Crippen LogP contribution in [0.4, 0.5) is 0 Å². The summed E-state index contributed by atoms with van der Waals surface area (Å²) < 4.78 is 25.8. The molecule has 1 aromatic heterocycles. The van der Waals surface area contributed by atoms with Gasteiger partial charge in [0.15, 0.2) is 0 Å². The van der Waals surface area contributed by atoms with Crippen molar-refractivity contribution >= 4 is 27.3 Å². The van der Waals surface area contributed by atoms with E-state index in [1.54, 1.807) is 22.4 Å². The highest BCUT2D eigenvalue weighted by Crippen LogP contribution is 2.19. The van der Waals surface area contributed by atoms with Crippen molar-refractivity contribution in [2.45, 2.75) is 4.21 Å². The lowest BCUT2D eigenvalue weighted by Crippen LogP contribution is -2.50. The third-order valence-electron chi connectivity index (χ3n) is 3.37. The molecule has 0 bridgehead atoms. The molecule has 1 amide bonds. The van der Waals surface area contributed by atoms with Crippen LogP contribution in [0.15, 0.2) is 21.7 Å². The predicted molar refractivity (Wildman–Crippen MR) is 78.2 cm³/mol. The van der Waals surface area contributed by atoms with Gasteiger partial charge >= 0.3 is 0 Å². The fourth-order valence-electron chi connectivity index (χ4n) is 2.00. The zero-order chi connectivity index (χ0) is 14.8. The molecule has 8 heteroatoms. The maximum absolute atomic E-state index is 12.2. The normalized spacial score (nSPS) is 17.6. The standard InChI is InChI=1S/C12H19N3O3S2/c1-13-5-7-15(8-6-13)11(16)10-14(2)20(17,18)12-4-3-9-19-12/h3-4,9H,5-8,10H2,1-2H3. The van der Waals surface area contributed by atoms with Gasteiger partial charge < -0.3 is 9.80 Å². The Kier molecular flexibility index (Phi) is 4.79. The topological polar surface area (TPSA) is 60.9 Å². The summed E-state index contributed by atoms with van der Waals surface area (Å²) >= 11 is 1.16. The lowest BCUT2D eigenvalue weighted by atomic mass is 10.3. The van der Waals surface area contributed by atoms with Crippen LogP contribution < -0.4 is 0 Å². The number of thiophene rings is 1. The van der Waals surface area contributed by atoms with Crippen molar-refractivity contribution in [3.63, 3.8) is 0 Å². The van der Waals surface area contributed by atoms with Gasteiger partial charge in [-0.05, 0) is 18.5 Å². The van der Waals surface area contributed by atoms with Crippen LogP contribution in [0.5, 0.6) is 0 Å². The van der Waals surface area contributed by atoms with Crippen LogP contribution in [0.3, 0.4) is 0 Å². The zero-order valence-corrected chi connectivity index (χ0v) is 13.3. The second-order valence-electron chi connectivity index (χ2n) is 4.88. The van der Waals surface area contributed by atoms with E-state index >= 15 is 0 Å². The van der Waals surface area contributed by atoms with E-state index in [9.17, 15) is 13.2 Å². The second kappa shape index (κ2) is 6.21. The van der Waals surface area contributed by atoms with Crippen LogP contribution >= 0.6 is 11.3 Å². The highest BCUT2D eigenvalue weighted by atomic mass is 32.2. The van der Waals surface area contributed by atoms with Crippen LogP contribution in [0.2, 0.25) is 0 Å². The minimum Gasteiger partial charge on any atom is -0.339 e. The number of hydrogen-bond acceptors (Lipinski definition) is 5. The summed E-state index contributed by atoms with van der Waals surface area (Å²) in [6, 6.07) is 3.24. The SMILES string of the molecule is CN1CCN(C(=O)CN(C)S(=O)(=O)c2cccs2)CC1. The summed E-state index contributed by atoms with van der Waals surface area (Å²) in [5.41, 5.74) is 0. The number of sulfonamides is 1. The highest BCUT2D eigenvalue weighted by molar-refractivity contribution is 7.91. The molecule has 1 fully saturated rings. The van der Waals surface area contributed by atoms with Crippen LogP contribution in [0, 0.1) is 0 Å². The molecule has 0 saturated carbocycles. The molecule has 1 aliphatic heterocycles. The van der Waals surface area contributed by atoms with E-state index in [-0.39, 0.29) is 16.7 Å². The molecule has 112 valence electrons. The van der Waals surface area contributed by atoms with Gasteiger partial charge in [0, 0.05) is 33.2 Å². The Balaban J connectivity index is 1.97. The molecule has 6 nitrogen and oxygen atoms in total. The number of piperazine rings is 1. The van der Waals surface area contributed by atoms with E-state index < -0.39 is 10.0 Å². The van der Waals surface area contributed by atoms with E-state index in [0.717, 1.165) is 28.7 Å². The fraction of sp³-hybridized carbons (Fsp3) is 0.583. The average Bonchev–Trinajstić information content (AvgIpc) is 2.93. The summed E-state index contributed by atoms with van der Waals surface area (Å²) in [6.45, 7) is 2.86. The lowest BCUT2D eigenvalue weighted by Gasteiger charge is -2.33. The van der Waals surface area contributed by atoms with E-state index in [4.69, 9.17) is 0 Å². The Hall–Kier alpha value is -0.960. The second-order valence-corrected chi connectivity index (χ2v) is 8.10. The van der Waals surface area contributed by atoms with Gasteiger partial charge in [0.1, 0.15) is 4.21 Å². The van der Waals surface area contributed by atoms with Crippen LogP contribution in [0.1, 0.15) is 0 Å². The summed E-state index contributed by atoms with van der Waals surface area (Å²) in [6.07, 6.45) is 0. The van der Waals surface area contributed by atoms with Gasteiger partial charge in [0.25, 0.3) is 10.0 Å². The zero-order valence-electron chi connectivity index (χ0n) is 11.7. The maximum Gasteiger partial charge on any atom is 0.252 e.